The second-order valence-electron chi connectivity index (χ2n) is 2.16. The van der Waals surface area contributed by atoms with Crippen LogP contribution in [0, 0.1) is 22.7 Å². The van der Waals surface area contributed by atoms with Gasteiger partial charge in [0.1, 0.15) is 0 Å². The average Bonchev–Trinajstić information content (AvgIpc) is 1.87. The van der Waals surface area contributed by atoms with Gasteiger partial charge in [-0.15, -0.1) is 0 Å². The molecular weight excluding hydrogens is 128 g/mol. The Bertz CT molecular complexity index is 227. The van der Waals surface area contributed by atoms with Crippen LogP contribution in [0.5, 0.6) is 0 Å². The Kier molecular flexibility index (Phi) is 2.61. The van der Waals surface area contributed by atoms with Crippen molar-refractivity contribution in [3.63, 3.8) is 0 Å². The lowest BCUT2D eigenvalue weighted by Gasteiger charge is -2.22. The van der Waals surface area contributed by atoms with Crippen molar-refractivity contribution in [1.82, 2.24) is 0 Å². The van der Waals surface area contributed by atoms with Gasteiger partial charge in [0.15, 0.2) is 0 Å². The maximum absolute atomic E-state index is 10.9. The van der Waals surface area contributed by atoms with Gasteiger partial charge in [-0.1, -0.05) is 13.0 Å². The van der Waals surface area contributed by atoms with Crippen LogP contribution in [0.2, 0.25) is 0 Å². The lowest BCUT2D eigenvalue weighted by molar-refractivity contribution is -0.431. The van der Waals surface area contributed by atoms with E-state index in [9.17, 15) is 5.11 Å². The lowest BCUT2D eigenvalue weighted by Crippen LogP contribution is -2.36. The standard InChI is InChI=1S/C7H7N2O/c1-6(4-8)3-7(2,10)5-9/h3H,1-2H3/q-1/b6-3-. The first-order valence-corrected chi connectivity index (χ1v) is 2.73. The third-order valence-corrected chi connectivity index (χ3v) is 0.890. The molecule has 0 saturated carbocycles. The zero-order valence-electron chi connectivity index (χ0n) is 5.88. The summed E-state index contributed by atoms with van der Waals surface area (Å²) >= 11 is 0. The predicted molar refractivity (Wildman–Crippen MR) is 33.4 cm³/mol. The molecule has 0 aromatic heterocycles. The second-order valence-corrected chi connectivity index (χ2v) is 2.16. The van der Waals surface area contributed by atoms with Gasteiger partial charge >= 0.3 is 0 Å². The smallest absolute Gasteiger partial charge is 0.0940 e. The number of nitrogens with zero attached hydrogens (tertiary/aromatic N) is 2. The highest BCUT2D eigenvalue weighted by molar-refractivity contribution is 5.25. The first-order valence-electron chi connectivity index (χ1n) is 2.73. The lowest BCUT2D eigenvalue weighted by atomic mass is 10.1. The summed E-state index contributed by atoms with van der Waals surface area (Å²) in [6.07, 6.45) is 1.10. The molecule has 0 aliphatic carbocycles. The largest absolute Gasteiger partial charge is 0.836 e. The molecule has 0 heterocycles. The predicted octanol–water partition coefficient (Wildman–Crippen LogP) is 0.0989. The molecule has 0 spiro atoms. The molecule has 1 unspecified atom stereocenters. The van der Waals surface area contributed by atoms with Gasteiger partial charge in [0.2, 0.25) is 0 Å². The molecule has 52 valence electrons. The molecule has 3 heteroatoms. The van der Waals surface area contributed by atoms with Crippen molar-refractivity contribution in [2.45, 2.75) is 19.4 Å². The van der Waals surface area contributed by atoms with E-state index >= 15 is 0 Å². The van der Waals surface area contributed by atoms with Crippen LogP contribution in [-0.2, 0) is 0 Å². The van der Waals surface area contributed by atoms with Gasteiger partial charge in [-0.05, 0) is 12.5 Å². The number of nitriles is 2. The Balaban J connectivity index is 4.47. The van der Waals surface area contributed by atoms with Crippen molar-refractivity contribution in [2.75, 3.05) is 0 Å². The Morgan fingerprint density at radius 1 is 1.60 bits per heavy atom. The molecule has 0 aromatic rings. The summed E-state index contributed by atoms with van der Waals surface area (Å²) in [5.41, 5.74) is -1.49. The minimum Gasteiger partial charge on any atom is -0.836 e. The van der Waals surface area contributed by atoms with Crippen molar-refractivity contribution >= 4 is 0 Å². The van der Waals surface area contributed by atoms with E-state index in [1.54, 1.807) is 6.07 Å². The van der Waals surface area contributed by atoms with E-state index in [-0.39, 0.29) is 5.57 Å². The Morgan fingerprint density at radius 3 is 2.40 bits per heavy atom. The van der Waals surface area contributed by atoms with Crippen LogP contribution in [0.25, 0.3) is 0 Å². The van der Waals surface area contributed by atoms with E-state index in [0.29, 0.717) is 0 Å². The van der Waals surface area contributed by atoms with Gasteiger partial charge in [0.05, 0.1) is 12.1 Å². The molecule has 0 rings (SSSR count). The normalized spacial score (nSPS) is 16.7. The Hall–Kier alpha value is -1.32. The van der Waals surface area contributed by atoms with Crippen LogP contribution >= 0.6 is 0 Å². The van der Waals surface area contributed by atoms with Crippen molar-refractivity contribution in [3.05, 3.63) is 11.6 Å². The van der Waals surface area contributed by atoms with E-state index in [0.717, 1.165) is 6.08 Å². The van der Waals surface area contributed by atoms with E-state index in [1.165, 1.54) is 19.9 Å². The van der Waals surface area contributed by atoms with Gasteiger partial charge in [-0.2, -0.15) is 10.5 Å². The maximum atomic E-state index is 10.9. The second kappa shape index (κ2) is 3.00. The minimum atomic E-state index is -1.76. The van der Waals surface area contributed by atoms with Gasteiger partial charge < -0.3 is 5.11 Å². The molecule has 3 nitrogen and oxygen atoms in total. The Morgan fingerprint density at radius 2 is 2.10 bits per heavy atom. The number of hydrogen-bond acceptors (Lipinski definition) is 3. The summed E-state index contributed by atoms with van der Waals surface area (Å²) in [4.78, 5) is 0. The van der Waals surface area contributed by atoms with E-state index < -0.39 is 5.60 Å². The first-order chi connectivity index (χ1) is 4.52. The van der Waals surface area contributed by atoms with E-state index in [2.05, 4.69) is 0 Å². The highest BCUT2D eigenvalue weighted by Crippen LogP contribution is 2.02. The molecule has 0 aliphatic rings. The molecular formula is C7H7N2O-. The summed E-state index contributed by atoms with van der Waals surface area (Å²) in [7, 11) is 0. The average molecular weight is 135 g/mol. The molecule has 1 atom stereocenters. The third kappa shape index (κ3) is 2.86. The fourth-order valence-electron chi connectivity index (χ4n) is 0.478. The molecule has 0 bridgehead atoms. The van der Waals surface area contributed by atoms with Crippen LogP contribution < -0.4 is 5.11 Å². The molecule has 0 saturated heterocycles. The molecule has 10 heavy (non-hydrogen) atoms. The fraction of sp³-hybridized carbons (Fsp3) is 0.429. The zero-order valence-corrected chi connectivity index (χ0v) is 5.88. The summed E-state index contributed by atoms with van der Waals surface area (Å²) < 4.78 is 0. The van der Waals surface area contributed by atoms with E-state index in [4.69, 9.17) is 10.5 Å². The van der Waals surface area contributed by atoms with E-state index in [1.807, 2.05) is 0 Å². The maximum Gasteiger partial charge on any atom is 0.0940 e. The quantitative estimate of drug-likeness (QED) is 0.478. The third-order valence-electron chi connectivity index (χ3n) is 0.890. The first kappa shape index (κ1) is 8.68. The van der Waals surface area contributed by atoms with Crippen LogP contribution in [0.4, 0.5) is 0 Å². The minimum absolute atomic E-state index is 0.277. The fourth-order valence-corrected chi connectivity index (χ4v) is 0.478. The topological polar surface area (TPSA) is 70.6 Å². The van der Waals surface area contributed by atoms with Gasteiger partial charge in [0.25, 0.3) is 0 Å². The summed E-state index contributed by atoms with van der Waals surface area (Å²) in [5, 5.41) is 27.3. The highest BCUT2D eigenvalue weighted by Gasteiger charge is 2.02. The van der Waals surface area contributed by atoms with Gasteiger partial charge in [-0.25, -0.2) is 0 Å². The SMILES string of the molecule is C/C(C#N)=C/C(C)([O-])C#N. The van der Waals surface area contributed by atoms with Gasteiger partial charge in [0, 0.05) is 5.57 Å². The molecule has 0 N–H and O–H groups in total. The van der Waals surface area contributed by atoms with Crippen LogP contribution in [0.3, 0.4) is 0 Å². The van der Waals surface area contributed by atoms with Crippen molar-refractivity contribution < 1.29 is 5.11 Å². The van der Waals surface area contributed by atoms with Crippen molar-refractivity contribution in [2.24, 2.45) is 0 Å². The summed E-state index contributed by atoms with van der Waals surface area (Å²) in [5.74, 6) is 0. The monoisotopic (exact) mass is 135 g/mol. The van der Waals surface area contributed by atoms with Crippen molar-refractivity contribution in [3.8, 4) is 12.1 Å². The highest BCUT2D eigenvalue weighted by atomic mass is 16.3. The summed E-state index contributed by atoms with van der Waals surface area (Å²) in [6, 6.07) is 3.29. The summed E-state index contributed by atoms with van der Waals surface area (Å²) in [6.45, 7) is 2.71. The van der Waals surface area contributed by atoms with Crippen LogP contribution in [0.1, 0.15) is 13.8 Å². The molecule has 0 radical (unpaired) electrons. The number of rotatable bonds is 1. The molecule has 0 aliphatic heterocycles. The molecule has 0 aromatic carbocycles. The molecule has 0 fully saturated rings. The molecule has 0 amide bonds. The number of hydrogen-bond donors (Lipinski definition) is 0. The van der Waals surface area contributed by atoms with Gasteiger partial charge in [-0.3, -0.25) is 0 Å². The van der Waals surface area contributed by atoms with Crippen molar-refractivity contribution in [1.29, 1.82) is 10.5 Å². The van der Waals surface area contributed by atoms with Crippen LogP contribution in [-0.4, -0.2) is 5.60 Å². The Labute approximate surface area is 59.8 Å². The zero-order chi connectivity index (χ0) is 8.20. The number of allylic oxidation sites excluding steroid dienone is 1. The van der Waals surface area contributed by atoms with Crippen LogP contribution in [0.15, 0.2) is 11.6 Å².